The molecule has 4 heteroatoms. The van der Waals surface area contributed by atoms with Crippen LogP contribution >= 0.6 is 0 Å². The smallest absolute Gasteiger partial charge is 0.115 e. The predicted octanol–water partition coefficient (Wildman–Crippen LogP) is 7.84. The molecule has 0 unspecified atom stereocenters. The molecule has 0 N–H and O–H groups in total. The van der Waals surface area contributed by atoms with E-state index in [0.29, 0.717) is 0 Å². The fourth-order valence-electron chi connectivity index (χ4n) is 4.14. The fraction of sp³-hybridized carbons (Fsp3) is 0.500. The lowest BCUT2D eigenvalue weighted by atomic mass is 10.0. The van der Waals surface area contributed by atoms with E-state index >= 15 is 0 Å². The lowest BCUT2D eigenvalue weighted by Gasteiger charge is -2.10. The minimum atomic E-state index is 0.833. The van der Waals surface area contributed by atoms with Gasteiger partial charge >= 0.3 is 0 Å². The molecule has 0 aliphatic rings. The van der Waals surface area contributed by atoms with Crippen molar-refractivity contribution >= 4 is 0 Å². The van der Waals surface area contributed by atoms with Crippen molar-refractivity contribution in [1.29, 1.82) is 0 Å². The van der Waals surface area contributed by atoms with Gasteiger partial charge in [0.05, 0.1) is 11.4 Å². The van der Waals surface area contributed by atoms with Gasteiger partial charge in [-0.2, -0.15) is 0 Å². The Hall–Kier alpha value is -2.62. The van der Waals surface area contributed by atoms with Crippen LogP contribution in [0.4, 0.5) is 0 Å². The molecule has 3 aromatic heterocycles. The number of unbranched alkanes of at least 4 members (excludes halogenated alkanes) is 11. The van der Waals surface area contributed by atoms with Gasteiger partial charge in [-0.25, -0.2) is 0 Å². The Bertz CT molecular complexity index is 880. The molecule has 0 radical (unpaired) electrons. The molecule has 0 saturated carbocycles. The van der Waals surface area contributed by atoms with Crippen LogP contribution in [0.15, 0.2) is 54.9 Å². The third-order valence-corrected chi connectivity index (χ3v) is 6.01. The maximum Gasteiger partial charge on any atom is 0.115 e. The zero-order valence-corrected chi connectivity index (χ0v) is 19.7. The highest BCUT2D eigenvalue weighted by molar-refractivity contribution is 5.63. The largest absolute Gasteiger partial charge is 0.255 e. The predicted molar refractivity (Wildman–Crippen MR) is 133 cm³/mol. The van der Waals surface area contributed by atoms with Crippen LogP contribution in [0, 0.1) is 0 Å². The highest BCUT2D eigenvalue weighted by atomic mass is 15.1. The Morgan fingerprint density at radius 1 is 0.562 bits per heavy atom. The summed E-state index contributed by atoms with van der Waals surface area (Å²) in [6.07, 6.45) is 20.9. The van der Waals surface area contributed by atoms with Crippen LogP contribution in [0.1, 0.15) is 89.5 Å². The molecule has 170 valence electrons. The molecule has 0 aromatic carbocycles. The number of hydrogen-bond donors (Lipinski definition) is 0. The first kappa shape index (κ1) is 24.0. The van der Waals surface area contributed by atoms with Gasteiger partial charge in [0.2, 0.25) is 0 Å². The van der Waals surface area contributed by atoms with Gasteiger partial charge in [0.1, 0.15) is 11.4 Å². The van der Waals surface area contributed by atoms with Gasteiger partial charge in [0.15, 0.2) is 0 Å². The second kappa shape index (κ2) is 14.4. The molecule has 0 spiro atoms. The second-order valence-corrected chi connectivity index (χ2v) is 8.67. The van der Waals surface area contributed by atoms with Crippen molar-refractivity contribution in [2.24, 2.45) is 0 Å². The van der Waals surface area contributed by atoms with Crippen LogP contribution in [0.25, 0.3) is 22.8 Å². The minimum Gasteiger partial charge on any atom is -0.255 e. The van der Waals surface area contributed by atoms with E-state index in [1.165, 1.54) is 82.6 Å². The highest BCUT2D eigenvalue weighted by Crippen LogP contribution is 2.24. The summed E-state index contributed by atoms with van der Waals surface area (Å²) in [6.45, 7) is 2.28. The zero-order chi connectivity index (χ0) is 22.3. The van der Waals surface area contributed by atoms with E-state index in [2.05, 4.69) is 33.2 Å². The second-order valence-electron chi connectivity index (χ2n) is 8.67. The molecule has 0 fully saturated rings. The molecule has 3 aromatic rings. The number of aromatic nitrogens is 4. The average Bonchev–Trinajstić information content (AvgIpc) is 2.85. The first-order valence-electron chi connectivity index (χ1n) is 12.6. The van der Waals surface area contributed by atoms with Crippen molar-refractivity contribution in [3.8, 4) is 22.8 Å². The van der Waals surface area contributed by atoms with Crippen LogP contribution < -0.4 is 0 Å². The summed E-state index contributed by atoms with van der Waals surface area (Å²) < 4.78 is 0. The van der Waals surface area contributed by atoms with Gasteiger partial charge in [-0.15, -0.1) is 10.2 Å². The molecule has 0 aliphatic heterocycles. The van der Waals surface area contributed by atoms with Gasteiger partial charge in [0.25, 0.3) is 0 Å². The Kier molecular flexibility index (Phi) is 10.8. The molecule has 0 atom stereocenters. The normalized spacial score (nSPS) is 11.0. The topological polar surface area (TPSA) is 51.6 Å². The first-order valence-corrected chi connectivity index (χ1v) is 12.6. The van der Waals surface area contributed by atoms with E-state index in [4.69, 9.17) is 0 Å². The molecular weight excluding hydrogens is 392 g/mol. The van der Waals surface area contributed by atoms with Crippen LogP contribution in [-0.2, 0) is 6.42 Å². The number of aryl methyl sites for hydroxylation is 1. The van der Waals surface area contributed by atoms with Gasteiger partial charge in [0, 0.05) is 12.4 Å². The van der Waals surface area contributed by atoms with Crippen LogP contribution in [0.5, 0.6) is 0 Å². The minimum absolute atomic E-state index is 0.833. The van der Waals surface area contributed by atoms with Gasteiger partial charge in [-0.1, -0.05) is 89.7 Å². The number of rotatable bonds is 15. The van der Waals surface area contributed by atoms with Crippen LogP contribution in [0.2, 0.25) is 0 Å². The SMILES string of the molecule is CCCCCCCCCCCCCCc1cc(-c2ccccn2)nnc1-c1ccccn1. The maximum absolute atomic E-state index is 4.55. The summed E-state index contributed by atoms with van der Waals surface area (Å²) in [4.78, 5) is 8.94. The van der Waals surface area contributed by atoms with E-state index in [9.17, 15) is 0 Å². The van der Waals surface area contributed by atoms with E-state index in [1.807, 2.05) is 42.6 Å². The van der Waals surface area contributed by atoms with Crippen molar-refractivity contribution in [1.82, 2.24) is 20.2 Å². The Morgan fingerprint density at radius 3 is 1.69 bits per heavy atom. The van der Waals surface area contributed by atoms with Crippen molar-refractivity contribution in [3.63, 3.8) is 0 Å². The van der Waals surface area contributed by atoms with E-state index < -0.39 is 0 Å². The Morgan fingerprint density at radius 2 is 1.12 bits per heavy atom. The third-order valence-electron chi connectivity index (χ3n) is 6.01. The van der Waals surface area contributed by atoms with Crippen LogP contribution in [-0.4, -0.2) is 20.2 Å². The highest BCUT2D eigenvalue weighted by Gasteiger charge is 2.12. The molecule has 0 saturated heterocycles. The Balaban J connectivity index is 1.47. The third kappa shape index (κ3) is 8.14. The first-order chi connectivity index (χ1) is 15.9. The van der Waals surface area contributed by atoms with E-state index in [0.717, 1.165) is 29.2 Å². The molecule has 32 heavy (non-hydrogen) atoms. The quantitative estimate of drug-likeness (QED) is 0.230. The summed E-state index contributed by atoms with van der Waals surface area (Å²) in [6, 6.07) is 14.0. The van der Waals surface area contributed by atoms with Gasteiger partial charge in [-0.3, -0.25) is 9.97 Å². The van der Waals surface area contributed by atoms with Crippen LogP contribution in [0.3, 0.4) is 0 Å². The average molecular weight is 431 g/mol. The van der Waals surface area contributed by atoms with Gasteiger partial charge in [-0.05, 0) is 48.7 Å². The molecule has 3 heterocycles. The summed E-state index contributed by atoms with van der Waals surface area (Å²) in [5.41, 5.74) is 4.70. The molecular formula is C28H38N4. The zero-order valence-electron chi connectivity index (χ0n) is 19.7. The molecule has 0 aliphatic carbocycles. The monoisotopic (exact) mass is 430 g/mol. The Labute approximate surface area is 194 Å². The number of nitrogens with zero attached hydrogens (tertiary/aromatic N) is 4. The summed E-state index contributed by atoms with van der Waals surface area (Å²) >= 11 is 0. The molecule has 3 rings (SSSR count). The summed E-state index contributed by atoms with van der Waals surface area (Å²) in [5.74, 6) is 0. The molecule has 0 amide bonds. The maximum atomic E-state index is 4.55. The standard InChI is InChI=1S/C28H38N4/c1-2-3-4-5-6-7-8-9-10-11-12-13-18-24-23-27(25-19-14-16-21-29-25)31-32-28(24)26-20-15-17-22-30-26/h14-17,19-23H,2-13,18H2,1H3. The summed E-state index contributed by atoms with van der Waals surface area (Å²) in [5, 5.41) is 8.99. The van der Waals surface area contributed by atoms with Crippen molar-refractivity contribution < 1.29 is 0 Å². The number of pyridine rings is 2. The van der Waals surface area contributed by atoms with E-state index in [1.54, 1.807) is 6.20 Å². The molecule has 4 nitrogen and oxygen atoms in total. The van der Waals surface area contributed by atoms with Crippen molar-refractivity contribution in [2.75, 3.05) is 0 Å². The fourth-order valence-corrected chi connectivity index (χ4v) is 4.14. The number of hydrogen-bond acceptors (Lipinski definition) is 4. The lowest BCUT2D eigenvalue weighted by Crippen LogP contribution is -2.00. The van der Waals surface area contributed by atoms with Gasteiger partial charge < -0.3 is 0 Å². The lowest BCUT2D eigenvalue weighted by molar-refractivity contribution is 0.544. The van der Waals surface area contributed by atoms with Crippen molar-refractivity contribution in [3.05, 3.63) is 60.4 Å². The van der Waals surface area contributed by atoms with Crippen molar-refractivity contribution in [2.45, 2.75) is 90.4 Å². The van der Waals surface area contributed by atoms with E-state index in [-0.39, 0.29) is 0 Å². The molecule has 0 bridgehead atoms. The summed E-state index contributed by atoms with van der Waals surface area (Å²) in [7, 11) is 0.